The van der Waals surface area contributed by atoms with E-state index < -0.39 is 5.82 Å². The summed E-state index contributed by atoms with van der Waals surface area (Å²) in [6, 6.07) is 12.4. The van der Waals surface area contributed by atoms with E-state index in [0.717, 1.165) is 0 Å². The molecule has 102 valence electrons. The van der Waals surface area contributed by atoms with Crippen LogP contribution in [0.15, 0.2) is 46.9 Å². The predicted octanol–water partition coefficient (Wildman–Crippen LogP) is 5.09. The van der Waals surface area contributed by atoms with Gasteiger partial charge in [-0.05, 0) is 58.5 Å². The van der Waals surface area contributed by atoms with Gasteiger partial charge in [0.1, 0.15) is 5.82 Å². The Bertz CT molecular complexity index is 662. The Balaban J connectivity index is 1.95. The third kappa shape index (κ3) is 2.42. The van der Waals surface area contributed by atoms with E-state index in [4.69, 9.17) is 0 Å². The topological polar surface area (TPSA) is 17.1 Å². The van der Waals surface area contributed by atoms with Crippen LogP contribution in [0, 0.1) is 5.82 Å². The molecular formula is C17H14BrFO. The minimum Gasteiger partial charge on any atom is -0.288 e. The fraction of sp³-hybridized carbons (Fsp3) is 0.235. The predicted molar refractivity (Wildman–Crippen MR) is 80.6 cm³/mol. The van der Waals surface area contributed by atoms with Crippen molar-refractivity contribution in [2.75, 3.05) is 0 Å². The number of benzene rings is 2. The van der Waals surface area contributed by atoms with Crippen LogP contribution in [0.5, 0.6) is 0 Å². The van der Waals surface area contributed by atoms with Crippen molar-refractivity contribution in [1.82, 2.24) is 0 Å². The standard InChI is InChI=1S/C17H14BrFO/c18-15-9-3-8-14(16(15)19)17(20)13-7-2-6-12(10-13)11-4-1-5-11/h2-3,6-11H,1,4-5H2. The lowest BCUT2D eigenvalue weighted by Gasteiger charge is -2.26. The lowest BCUT2D eigenvalue weighted by Crippen LogP contribution is -2.10. The number of hydrogen-bond acceptors (Lipinski definition) is 1. The van der Waals surface area contributed by atoms with Gasteiger partial charge in [0.25, 0.3) is 0 Å². The van der Waals surface area contributed by atoms with Crippen LogP contribution in [0.3, 0.4) is 0 Å². The monoisotopic (exact) mass is 332 g/mol. The van der Waals surface area contributed by atoms with Crippen molar-refractivity contribution in [3.05, 3.63) is 69.4 Å². The van der Waals surface area contributed by atoms with Crippen LogP contribution in [0.1, 0.15) is 46.7 Å². The van der Waals surface area contributed by atoms with Crippen LogP contribution >= 0.6 is 15.9 Å². The second-order valence-corrected chi connectivity index (χ2v) is 6.04. The number of halogens is 2. The van der Waals surface area contributed by atoms with E-state index in [2.05, 4.69) is 22.0 Å². The van der Waals surface area contributed by atoms with Crippen molar-refractivity contribution in [2.24, 2.45) is 0 Å². The van der Waals surface area contributed by atoms with Crippen LogP contribution in [-0.4, -0.2) is 5.78 Å². The zero-order valence-corrected chi connectivity index (χ0v) is 12.5. The lowest BCUT2D eigenvalue weighted by atomic mass is 9.79. The van der Waals surface area contributed by atoms with E-state index in [1.807, 2.05) is 12.1 Å². The van der Waals surface area contributed by atoms with Crippen molar-refractivity contribution in [1.29, 1.82) is 0 Å². The van der Waals surface area contributed by atoms with Crippen molar-refractivity contribution >= 4 is 21.7 Å². The normalized spacial score (nSPS) is 14.9. The summed E-state index contributed by atoms with van der Waals surface area (Å²) in [5.41, 5.74) is 1.87. The van der Waals surface area contributed by atoms with Crippen LogP contribution in [-0.2, 0) is 0 Å². The van der Waals surface area contributed by atoms with Gasteiger partial charge in [-0.3, -0.25) is 4.79 Å². The highest BCUT2D eigenvalue weighted by atomic mass is 79.9. The number of hydrogen-bond donors (Lipinski definition) is 0. The molecule has 0 saturated heterocycles. The molecule has 0 radical (unpaired) electrons. The molecule has 0 atom stereocenters. The van der Waals surface area contributed by atoms with E-state index in [9.17, 15) is 9.18 Å². The Labute approximate surface area is 126 Å². The highest BCUT2D eigenvalue weighted by molar-refractivity contribution is 9.10. The third-order valence-electron chi connectivity index (χ3n) is 3.92. The first-order chi connectivity index (χ1) is 9.66. The molecule has 0 bridgehead atoms. The van der Waals surface area contributed by atoms with Gasteiger partial charge in [-0.2, -0.15) is 0 Å². The zero-order chi connectivity index (χ0) is 14.1. The summed E-state index contributed by atoms with van der Waals surface area (Å²) in [5.74, 6) is -0.188. The summed E-state index contributed by atoms with van der Waals surface area (Å²) < 4.78 is 14.3. The van der Waals surface area contributed by atoms with Gasteiger partial charge in [-0.1, -0.05) is 30.7 Å². The molecule has 20 heavy (non-hydrogen) atoms. The molecule has 0 aromatic heterocycles. The summed E-state index contributed by atoms with van der Waals surface area (Å²) in [6.07, 6.45) is 3.62. The maximum absolute atomic E-state index is 14.0. The maximum Gasteiger partial charge on any atom is 0.196 e. The molecule has 0 amide bonds. The van der Waals surface area contributed by atoms with Crippen LogP contribution in [0.4, 0.5) is 4.39 Å². The summed E-state index contributed by atoms with van der Waals surface area (Å²) in [7, 11) is 0. The largest absolute Gasteiger partial charge is 0.288 e. The summed E-state index contributed by atoms with van der Waals surface area (Å²) >= 11 is 3.12. The molecule has 1 aliphatic rings. The van der Waals surface area contributed by atoms with Crippen LogP contribution in [0.2, 0.25) is 0 Å². The Kier molecular flexibility index (Phi) is 3.70. The van der Waals surface area contributed by atoms with Gasteiger partial charge in [0, 0.05) is 5.56 Å². The number of rotatable bonds is 3. The molecular weight excluding hydrogens is 319 g/mol. The SMILES string of the molecule is O=C(c1cccc(C2CCC2)c1)c1cccc(Br)c1F. The van der Waals surface area contributed by atoms with Crippen molar-refractivity contribution in [2.45, 2.75) is 25.2 Å². The Hall–Kier alpha value is -1.48. The summed E-state index contributed by atoms with van der Waals surface area (Å²) in [6.45, 7) is 0. The second-order valence-electron chi connectivity index (χ2n) is 5.18. The molecule has 1 nitrogen and oxygen atoms in total. The quantitative estimate of drug-likeness (QED) is 0.716. The second kappa shape index (κ2) is 5.49. The molecule has 0 N–H and O–H groups in total. The summed E-state index contributed by atoms with van der Waals surface area (Å²) in [5, 5.41) is 0. The molecule has 1 fully saturated rings. The van der Waals surface area contributed by atoms with E-state index in [0.29, 0.717) is 16.0 Å². The van der Waals surface area contributed by atoms with E-state index in [1.165, 1.54) is 30.9 Å². The smallest absolute Gasteiger partial charge is 0.196 e. The van der Waals surface area contributed by atoms with Gasteiger partial charge in [-0.25, -0.2) is 4.39 Å². The highest BCUT2D eigenvalue weighted by Gasteiger charge is 2.21. The van der Waals surface area contributed by atoms with Gasteiger partial charge in [-0.15, -0.1) is 0 Å². The molecule has 1 aliphatic carbocycles. The molecule has 0 unspecified atom stereocenters. The Morgan fingerprint density at radius 1 is 1.15 bits per heavy atom. The number of ketones is 1. The fourth-order valence-corrected chi connectivity index (χ4v) is 2.88. The Morgan fingerprint density at radius 2 is 1.90 bits per heavy atom. The molecule has 3 rings (SSSR count). The van der Waals surface area contributed by atoms with Crippen molar-refractivity contribution in [3.8, 4) is 0 Å². The lowest BCUT2D eigenvalue weighted by molar-refractivity contribution is 0.103. The van der Waals surface area contributed by atoms with Crippen molar-refractivity contribution in [3.63, 3.8) is 0 Å². The molecule has 0 spiro atoms. The van der Waals surface area contributed by atoms with E-state index in [-0.39, 0.29) is 11.3 Å². The van der Waals surface area contributed by atoms with Gasteiger partial charge >= 0.3 is 0 Å². The average Bonchev–Trinajstić information content (AvgIpc) is 2.40. The van der Waals surface area contributed by atoms with Crippen molar-refractivity contribution < 1.29 is 9.18 Å². The molecule has 0 aliphatic heterocycles. The Morgan fingerprint density at radius 3 is 2.60 bits per heavy atom. The first-order valence-corrected chi connectivity index (χ1v) is 7.55. The fourth-order valence-electron chi connectivity index (χ4n) is 2.51. The minimum absolute atomic E-state index is 0.116. The first kappa shape index (κ1) is 13.5. The molecule has 0 heterocycles. The van der Waals surface area contributed by atoms with Crippen LogP contribution < -0.4 is 0 Å². The van der Waals surface area contributed by atoms with Crippen LogP contribution in [0.25, 0.3) is 0 Å². The first-order valence-electron chi connectivity index (χ1n) is 6.75. The van der Waals surface area contributed by atoms with Gasteiger partial charge < -0.3 is 0 Å². The van der Waals surface area contributed by atoms with E-state index in [1.54, 1.807) is 18.2 Å². The summed E-state index contributed by atoms with van der Waals surface area (Å²) in [4.78, 5) is 12.4. The van der Waals surface area contributed by atoms with Gasteiger partial charge in [0.2, 0.25) is 0 Å². The minimum atomic E-state index is -0.494. The highest BCUT2D eigenvalue weighted by Crippen LogP contribution is 2.36. The number of carbonyl (C=O) groups is 1. The average molecular weight is 333 g/mol. The van der Waals surface area contributed by atoms with Gasteiger partial charge in [0.05, 0.1) is 10.0 Å². The molecule has 3 heteroatoms. The molecule has 2 aromatic carbocycles. The molecule has 2 aromatic rings. The third-order valence-corrected chi connectivity index (χ3v) is 4.53. The maximum atomic E-state index is 14.0. The van der Waals surface area contributed by atoms with E-state index >= 15 is 0 Å². The molecule has 1 saturated carbocycles. The zero-order valence-electron chi connectivity index (χ0n) is 10.9. The van der Waals surface area contributed by atoms with Gasteiger partial charge in [0.15, 0.2) is 5.78 Å². The number of carbonyl (C=O) groups excluding carboxylic acids is 1.